The first kappa shape index (κ1) is 14.0. The van der Waals surface area contributed by atoms with Gasteiger partial charge in [0, 0.05) is 17.5 Å². The SMILES string of the molecule is Cc1ccccc1CN(C)Cc1nc(-c2ccsc2)no1. The van der Waals surface area contributed by atoms with Gasteiger partial charge in [0.1, 0.15) is 0 Å². The highest BCUT2D eigenvalue weighted by atomic mass is 32.1. The molecule has 108 valence electrons. The summed E-state index contributed by atoms with van der Waals surface area (Å²) in [5.41, 5.74) is 3.63. The Kier molecular flexibility index (Phi) is 4.13. The fourth-order valence-corrected chi connectivity index (χ4v) is 2.83. The van der Waals surface area contributed by atoms with Crippen LogP contribution in [0.15, 0.2) is 45.6 Å². The Morgan fingerprint density at radius 1 is 1.19 bits per heavy atom. The van der Waals surface area contributed by atoms with Crippen LogP contribution in [0.3, 0.4) is 0 Å². The van der Waals surface area contributed by atoms with E-state index in [1.54, 1.807) is 11.3 Å². The molecule has 0 fully saturated rings. The second-order valence-corrected chi connectivity index (χ2v) is 5.90. The minimum Gasteiger partial charge on any atom is -0.338 e. The van der Waals surface area contributed by atoms with Crippen LogP contribution in [0.2, 0.25) is 0 Å². The largest absolute Gasteiger partial charge is 0.338 e. The standard InChI is InChI=1S/C16H17N3OS/c1-12-5-3-4-6-13(12)9-19(2)10-15-17-16(18-20-15)14-7-8-21-11-14/h3-8,11H,9-10H2,1-2H3. The van der Waals surface area contributed by atoms with Crippen molar-refractivity contribution >= 4 is 11.3 Å². The number of rotatable bonds is 5. The fourth-order valence-electron chi connectivity index (χ4n) is 2.19. The predicted molar refractivity (Wildman–Crippen MR) is 84.0 cm³/mol. The lowest BCUT2D eigenvalue weighted by Crippen LogP contribution is -2.18. The third kappa shape index (κ3) is 3.37. The Balaban J connectivity index is 1.65. The van der Waals surface area contributed by atoms with Crippen molar-refractivity contribution in [1.29, 1.82) is 0 Å². The van der Waals surface area contributed by atoms with Crippen LogP contribution in [0.4, 0.5) is 0 Å². The van der Waals surface area contributed by atoms with Gasteiger partial charge in [-0.05, 0) is 36.5 Å². The van der Waals surface area contributed by atoms with Gasteiger partial charge in [0.15, 0.2) is 0 Å². The molecule has 3 rings (SSSR count). The van der Waals surface area contributed by atoms with Crippen LogP contribution in [0, 0.1) is 6.92 Å². The summed E-state index contributed by atoms with van der Waals surface area (Å²) >= 11 is 1.63. The topological polar surface area (TPSA) is 42.2 Å². The number of hydrogen-bond donors (Lipinski definition) is 0. The van der Waals surface area contributed by atoms with Crippen molar-refractivity contribution in [3.05, 3.63) is 58.1 Å². The van der Waals surface area contributed by atoms with E-state index in [0.717, 1.165) is 12.1 Å². The molecule has 2 aromatic heterocycles. The van der Waals surface area contributed by atoms with E-state index in [4.69, 9.17) is 4.52 Å². The average molecular weight is 299 g/mol. The van der Waals surface area contributed by atoms with Gasteiger partial charge in [-0.3, -0.25) is 4.90 Å². The number of hydrogen-bond acceptors (Lipinski definition) is 5. The second kappa shape index (κ2) is 6.20. The van der Waals surface area contributed by atoms with E-state index >= 15 is 0 Å². The van der Waals surface area contributed by atoms with Crippen LogP contribution in [0.1, 0.15) is 17.0 Å². The summed E-state index contributed by atoms with van der Waals surface area (Å²) in [6.07, 6.45) is 0. The number of aryl methyl sites for hydroxylation is 1. The quantitative estimate of drug-likeness (QED) is 0.720. The monoisotopic (exact) mass is 299 g/mol. The molecule has 0 N–H and O–H groups in total. The Labute approximate surface area is 128 Å². The van der Waals surface area contributed by atoms with Crippen LogP contribution in [0.5, 0.6) is 0 Å². The second-order valence-electron chi connectivity index (χ2n) is 5.12. The summed E-state index contributed by atoms with van der Waals surface area (Å²) in [4.78, 5) is 6.62. The smallest absolute Gasteiger partial charge is 0.241 e. The van der Waals surface area contributed by atoms with Crippen LogP contribution in [-0.4, -0.2) is 22.1 Å². The van der Waals surface area contributed by atoms with Crippen molar-refractivity contribution in [2.45, 2.75) is 20.0 Å². The van der Waals surface area contributed by atoms with Gasteiger partial charge in [0.05, 0.1) is 6.54 Å². The van der Waals surface area contributed by atoms with Crippen LogP contribution < -0.4 is 0 Å². The minimum atomic E-state index is 0.644. The summed E-state index contributed by atoms with van der Waals surface area (Å²) < 4.78 is 5.33. The molecular formula is C16H17N3OS. The first-order valence-electron chi connectivity index (χ1n) is 6.80. The van der Waals surface area contributed by atoms with E-state index in [0.29, 0.717) is 18.3 Å². The third-order valence-corrected chi connectivity index (χ3v) is 4.04. The van der Waals surface area contributed by atoms with Gasteiger partial charge in [0.25, 0.3) is 0 Å². The van der Waals surface area contributed by atoms with Crippen molar-refractivity contribution in [1.82, 2.24) is 15.0 Å². The molecule has 4 nitrogen and oxygen atoms in total. The van der Waals surface area contributed by atoms with E-state index in [2.05, 4.69) is 53.3 Å². The van der Waals surface area contributed by atoms with E-state index in [1.807, 2.05) is 16.8 Å². The van der Waals surface area contributed by atoms with E-state index < -0.39 is 0 Å². The van der Waals surface area contributed by atoms with Crippen molar-refractivity contribution in [2.24, 2.45) is 0 Å². The summed E-state index contributed by atoms with van der Waals surface area (Å²) in [5.74, 6) is 1.31. The molecule has 5 heteroatoms. The zero-order valence-corrected chi connectivity index (χ0v) is 12.9. The first-order valence-corrected chi connectivity index (χ1v) is 7.75. The molecule has 0 aliphatic rings. The lowest BCUT2D eigenvalue weighted by molar-refractivity contribution is 0.260. The number of benzene rings is 1. The maximum Gasteiger partial charge on any atom is 0.241 e. The molecule has 0 atom stereocenters. The van der Waals surface area contributed by atoms with Crippen molar-refractivity contribution < 1.29 is 4.52 Å². The normalized spacial score (nSPS) is 11.2. The van der Waals surface area contributed by atoms with E-state index in [1.165, 1.54) is 11.1 Å². The van der Waals surface area contributed by atoms with Crippen molar-refractivity contribution in [3.63, 3.8) is 0 Å². The molecule has 0 amide bonds. The number of nitrogens with zero attached hydrogens (tertiary/aromatic N) is 3. The zero-order valence-electron chi connectivity index (χ0n) is 12.1. The Hall–Kier alpha value is -1.98. The zero-order chi connectivity index (χ0) is 14.7. The molecule has 21 heavy (non-hydrogen) atoms. The van der Waals surface area contributed by atoms with E-state index in [9.17, 15) is 0 Å². The van der Waals surface area contributed by atoms with Crippen LogP contribution >= 0.6 is 11.3 Å². The van der Waals surface area contributed by atoms with Gasteiger partial charge in [-0.1, -0.05) is 29.4 Å². The van der Waals surface area contributed by atoms with Crippen LogP contribution in [0.25, 0.3) is 11.4 Å². The molecule has 3 aromatic rings. The lowest BCUT2D eigenvalue weighted by atomic mass is 10.1. The van der Waals surface area contributed by atoms with Crippen LogP contribution in [-0.2, 0) is 13.1 Å². The van der Waals surface area contributed by atoms with Gasteiger partial charge in [-0.15, -0.1) is 0 Å². The summed E-state index contributed by atoms with van der Waals surface area (Å²) in [5, 5.41) is 8.06. The highest BCUT2D eigenvalue weighted by Crippen LogP contribution is 2.19. The summed E-state index contributed by atoms with van der Waals surface area (Å²) in [7, 11) is 2.06. The molecule has 1 aromatic carbocycles. The minimum absolute atomic E-state index is 0.644. The van der Waals surface area contributed by atoms with Gasteiger partial charge in [0.2, 0.25) is 11.7 Å². The maximum atomic E-state index is 5.33. The van der Waals surface area contributed by atoms with Gasteiger partial charge in [-0.25, -0.2) is 0 Å². The highest BCUT2D eigenvalue weighted by Gasteiger charge is 2.11. The highest BCUT2D eigenvalue weighted by molar-refractivity contribution is 7.08. The van der Waals surface area contributed by atoms with Gasteiger partial charge < -0.3 is 4.52 Å². The fraction of sp³-hybridized carbons (Fsp3) is 0.250. The molecule has 0 bridgehead atoms. The average Bonchev–Trinajstić information content (AvgIpc) is 3.12. The third-order valence-electron chi connectivity index (χ3n) is 3.35. The molecule has 0 radical (unpaired) electrons. The van der Waals surface area contributed by atoms with Crippen molar-refractivity contribution in [2.75, 3.05) is 7.05 Å². The molecule has 0 saturated carbocycles. The number of thiophene rings is 1. The maximum absolute atomic E-state index is 5.33. The molecule has 0 spiro atoms. The van der Waals surface area contributed by atoms with E-state index in [-0.39, 0.29) is 0 Å². The summed E-state index contributed by atoms with van der Waals surface area (Å²) in [6, 6.07) is 10.4. The molecule has 0 saturated heterocycles. The molecule has 2 heterocycles. The Morgan fingerprint density at radius 2 is 2.05 bits per heavy atom. The first-order chi connectivity index (χ1) is 10.2. The molecule has 0 aliphatic carbocycles. The van der Waals surface area contributed by atoms with Gasteiger partial charge in [-0.2, -0.15) is 16.3 Å². The summed E-state index contributed by atoms with van der Waals surface area (Å²) in [6.45, 7) is 3.64. The lowest BCUT2D eigenvalue weighted by Gasteiger charge is -2.15. The predicted octanol–water partition coefficient (Wildman–Crippen LogP) is 3.74. The molecule has 0 unspecified atom stereocenters. The van der Waals surface area contributed by atoms with Crippen molar-refractivity contribution in [3.8, 4) is 11.4 Å². The Morgan fingerprint density at radius 3 is 2.81 bits per heavy atom. The number of aromatic nitrogens is 2. The molecular weight excluding hydrogens is 282 g/mol. The van der Waals surface area contributed by atoms with Gasteiger partial charge >= 0.3 is 0 Å². The Bertz CT molecular complexity index is 706. The molecule has 0 aliphatic heterocycles.